The third-order valence-corrected chi connectivity index (χ3v) is 6.31. The van der Waals surface area contributed by atoms with Gasteiger partial charge in [0.1, 0.15) is 0 Å². The number of nitrogens with zero attached hydrogens (tertiary/aromatic N) is 2. The molecule has 2 fully saturated rings. The summed E-state index contributed by atoms with van der Waals surface area (Å²) in [4.78, 5) is 27.0. The Bertz CT molecular complexity index is 745. The number of benzene rings is 1. The van der Waals surface area contributed by atoms with Crippen molar-refractivity contribution in [3.8, 4) is 0 Å². The Morgan fingerprint density at radius 2 is 1.76 bits per heavy atom. The van der Waals surface area contributed by atoms with E-state index >= 15 is 0 Å². The number of amides is 2. The molecule has 2 saturated heterocycles. The average molecular weight is 365 g/mol. The third kappa shape index (κ3) is 3.75. The van der Waals surface area contributed by atoms with Crippen molar-refractivity contribution in [2.45, 2.75) is 43.5 Å². The molecule has 2 amide bonds. The third-order valence-electron chi connectivity index (χ3n) is 4.87. The average Bonchev–Trinajstić information content (AvgIpc) is 3.19. The fourth-order valence-electron chi connectivity index (χ4n) is 3.47. The zero-order valence-electron chi connectivity index (χ0n) is 14.3. The molecule has 7 nitrogen and oxygen atoms in total. The summed E-state index contributed by atoms with van der Waals surface area (Å²) in [7, 11) is -3.61. The molecule has 1 N–H and O–H groups in total. The molecule has 25 heavy (non-hydrogen) atoms. The minimum Gasteiger partial charge on any atom is -0.299 e. The lowest BCUT2D eigenvalue weighted by molar-refractivity contribution is -0.121. The number of sulfonamides is 1. The van der Waals surface area contributed by atoms with Crippen LogP contribution < -0.4 is 9.62 Å². The fraction of sp³-hybridized carbons (Fsp3) is 0.529. The molecule has 136 valence electrons. The van der Waals surface area contributed by atoms with E-state index in [0.29, 0.717) is 12.2 Å². The Morgan fingerprint density at radius 3 is 2.36 bits per heavy atom. The SMILES string of the molecule is CCN1CCCC1CNS(=O)(=O)c1ccc(N2C(=O)CCC2=O)cc1. The van der Waals surface area contributed by atoms with Gasteiger partial charge in [-0.3, -0.25) is 19.4 Å². The van der Waals surface area contributed by atoms with Gasteiger partial charge < -0.3 is 0 Å². The van der Waals surface area contributed by atoms with E-state index in [-0.39, 0.29) is 35.6 Å². The quantitative estimate of drug-likeness (QED) is 0.763. The number of nitrogens with one attached hydrogen (secondary N) is 1. The van der Waals surface area contributed by atoms with Crippen molar-refractivity contribution in [1.82, 2.24) is 9.62 Å². The molecule has 0 aliphatic carbocycles. The van der Waals surface area contributed by atoms with Gasteiger partial charge in [0, 0.05) is 25.4 Å². The normalized spacial score (nSPS) is 22.1. The van der Waals surface area contributed by atoms with Crippen LogP contribution in [0.25, 0.3) is 0 Å². The number of anilines is 1. The first-order chi connectivity index (χ1) is 11.9. The predicted molar refractivity (Wildman–Crippen MR) is 93.6 cm³/mol. The van der Waals surface area contributed by atoms with Crippen molar-refractivity contribution >= 4 is 27.5 Å². The van der Waals surface area contributed by atoms with Crippen LogP contribution >= 0.6 is 0 Å². The first-order valence-corrected chi connectivity index (χ1v) is 10.1. The molecule has 3 rings (SSSR count). The summed E-state index contributed by atoms with van der Waals surface area (Å²) in [5.41, 5.74) is 0.416. The van der Waals surface area contributed by atoms with Gasteiger partial charge in [0.15, 0.2) is 0 Å². The van der Waals surface area contributed by atoms with Crippen molar-refractivity contribution in [2.75, 3.05) is 24.5 Å². The summed E-state index contributed by atoms with van der Waals surface area (Å²) < 4.78 is 27.6. The maximum Gasteiger partial charge on any atom is 0.240 e. The van der Waals surface area contributed by atoms with Crippen molar-refractivity contribution < 1.29 is 18.0 Å². The van der Waals surface area contributed by atoms with Crippen LogP contribution in [-0.2, 0) is 19.6 Å². The van der Waals surface area contributed by atoms with E-state index in [2.05, 4.69) is 16.5 Å². The Morgan fingerprint density at radius 1 is 1.12 bits per heavy atom. The van der Waals surface area contributed by atoms with Gasteiger partial charge in [0.25, 0.3) is 0 Å². The molecular weight excluding hydrogens is 342 g/mol. The number of carbonyl (C=O) groups is 2. The van der Waals surface area contributed by atoms with Crippen LogP contribution in [0.3, 0.4) is 0 Å². The minimum absolute atomic E-state index is 0.136. The highest BCUT2D eigenvalue weighted by atomic mass is 32.2. The predicted octanol–water partition coefficient (Wildman–Crippen LogP) is 1.10. The van der Waals surface area contributed by atoms with Crippen LogP contribution in [0.5, 0.6) is 0 Å². The van der Waals surface area contributed by atoms with Crippen molar-refractivity contribution in [1.29, 1.82) is 0 Å². The number of rotatable bonds is 6. The van der Waals surface area contributed by atoms with E-state index < -0.39 is 10.0 Å². The van der Waals surface area contributed by atoms with E-state index in [1.165, 1.54) is 24.3 Å². The lowest BCUT2D eigenvalue weighted by Crippen LogP contribution is -2.40. The summed E-state index contributed by atoms with van der Waals surface area (Å²) in [6, 6.07) is 6.11. The molecule has 2 heterocycles. The van der Waals surface area contributed by atoms with Gasteiger partial charge in [-0.1, -0.05) is 6.92 Å². The zero-order chi connectivity index (χ0) is 18.0. The van der Waals surface area contributed by atoms with Crippen LogP contribution in [0.1, 0.15) is 32.6 Å². The number of hydrogen-bond donors (Lipinski definition) is 1. The molecule has 1 unspecified atom stereocenters. The molecule has 1 aromatic carbocycles. The molecular formula is C17H23N3O4S. The summed E-state index contributed by atoms with van der Waals surface area (Å²) in [5.74, 6) is -0.501. The summed E-state index contributed by atoms with van der Waals surface area (Å²) in [5, 5.41) is 0. The Balaban J connectivity index is 1.68. The maximum absolute atomic E-state index is 12.5. The van der Waals surface area contributed by atoms with E-state index in [0.717, 1.165) is 30.8 Å². The minimum atomic E-state index is -3.61. The largest absolute Gasteiger partial charge is 0.299 e. The van der Waals surface area contributed by atoms with Gasteiger partial charge in [-0.25, -0.2) is 13.1 Å². The topological polar surface area (TPSA) is 86.8 Å². The van der Waals surface area contributed by atoms with Crippen LogP contribution in [-0.4, -0.2) is 50.8 Å². The first kappa shape index (κ1) is 18.0. The number of hydrogen-bond acceptors (Lipinski definition) is 5. The van der Waals surface area contributed by atoms with Crippen LogP contribution in [0, 0.1) is 0 Å². The van der Waals surface area contributed by atoms with Crippen molar-refractivity contribution in [2.24, 2.45) is 0 Å². The van der Waals surface area contributed by atoms with Gasteiger partial charge in [-0.15, -0.1) is 0 Å². The molecule has 0 radical (unpaired) electrons. The fourth-order valence-corrected chi connectivity index (χ4v) is 4.54. The van der Waals surface area contributed by atoms with Crippen LogP contribution in [0.4, 0.5) is 5.69 Å². The van der Waals surface area contributed by atoms with Gasteiger partial charge in [-0.05, 0) is 50.2 Å². The highest BCUT2D eigenvalue weighted by molar-refractivity contribution is 7.89. The summed E-state index contributed by atoms with van der Waals surface area (Å²) in [6.07, 6.45) is 2.49. The second-order valence-corrected chi connectivity index (χ2v) is 8.16. The van der Waals surface area contributed by atoms with Crippen molar-refractivity contribution in [3.05, 3.63) is 24.3 Å². The van der Waals surface area contributed by atoms with E-state index in [1.807, 2.05) is 0 Å². The molecule has 0 spiro atoms. The number of imide groups is 1. The van der Waals surface area contributed by atoms with E-state index in [9.17, 15) is 18.0 Å². The van der Waals surface area contributed by atoms with E-state index in [1.54, 1.807) is 0 Å². The summed E-state index contributed by atoms with van der Waals surface area (Å²) in [6.45, 7) is 4.39. The number of carbonyl (C=O) groups excluding carboxylic acids is 2. The zero-order valence-corrected chi connectivity index (χ0v) is 15.1. The van der Waals surface area contributed by atoms with Gasteiger partial charge >= 0.3 is 0 Å². The number of likely N-dealkylation sites (tertiary alicyclic amines) is 1. The molecule has 2 aliphatic rings. The molecule has 1 atom stereocenters. The first-order valence-electron chi connectivity index (χ1n) is 8.62. The second kappa shape index (κ2) is 7.23. The van der Waals surface area contributed by atoms with Gasteiger partial charge in [0.05, 0.1) is 10.6 Å². The monoisotopic (exact) mass is 365 g/mol. The lowest BCUT2D eigenvalue weighted by atomic mass is 10.2. The lowest BCUT2D eigenvalue weighted by Gasteiger charge is -2.22. The molecule has 8 heteroatoms. The van der Waals surface area contributed by atoms with Crippen LogP contribution in [0.15, 0.2) is 29.2 Å². The number of likely N-dealkylation sites (N-methyl/N-ethyl adjacent to an activating group) is 1. The molecule has 2 aliphatic heterocycles. The molecule has 0 saturated carbocycles. The maximum atomic E-state index is 12.5. The Labute approximate surface area is 148 Å². The summed E-state index contributed by atoms with van der Waals surface area (Å²) >= 11 is 0. The highest BCUT2D eigenvalue weighted by Crippen LogP contribution is 2.24. The highest BCUT2D eigenvalue weighted by Gasteiger charge is 2.30. The van der Waals surface area contributed by atoms with Gasteiger partial charge in [-0.2, -0.15) is 0 Å². The van der Waals surface area contributed by atoms with Gasteiger partial charge in [0.2, 0.25) is 21.8 Å². The molecule has 0 bridgehead atoms. The smallest absolute Gasteiger partial charge is 0.240 e. The molecule has 1 aromatic rings. The van der Waals surface area contributed by atoms with Crippen molar-refractivity contribution in [3.63, 3.8) is 0 Å². The Hall–Kier alpha value is -1.77. The molecule has 0 aromatic heterocycles. The van der Waals surface area contributed by atoms with E-state index in [4.69, 9.17) is 0 Å². The second-order valence-electron chi connectivity index (χ2n) is 6.39. The Kier molecular flexibility index (Phi) is 5.21. The van der Waals surface area contributed by atoms with Crippen LogP contribution in [0.2, 0.25) is 0 Å². The standard InChI is InChI=1S/C17H23N3O4S/c1-2-19-11-3-4-14(19)12-18-25(23,24)15-7-5-13(6-8-15)20-16(21)9-10-17(20)22/h5-8,14,18H,2-4,9-12H2,1H3.